The minimum atomic E-state index is -0.747. The average Bonchev–Trinajstić information content (AvgIpc) is 1.77. The summed E-state index contributed by atoms with van der Waals surface area (Å²) in [4.78, 5) is 0. The first-order valence-electron chi connectivity index (χ1n) is 3.08. The van der Waals surface area contributed by atoms with Gasteiger partial charge in [-0.3, -0.25) is 0 Å². The SMILES string of the molecule is CC1CCCOC1[O]. The number of hydrogen-bond donors (Lipinski definition) is 0. The summed E-state index contributed by atoms with van der Waals surface area (Å²) in [5.74, 6) is 0.226. The minimum absolute atomic E-state index is 0.226. The molecule has 0 amide bonds. The molecule has 1 saturated heterocycles. The molecule has 8 heavy (non-hydrogen) atoms. The summed E-state index contributed by atoms with van der Waals surface area (Å²) in [6.07, 6.45) is 1.34. The largest absolute Gasteiger partial charge is 0.349 e. The van der Waals surface area contributed by atoms with Gasteiger partial charge in [-0.2, -0.15) is 0 Å². The standard InChI is InChI=1S/C6H11O2/c1-5-3-2-4-8-6(5)7/h5-6H,2-4H2,1H3. The van der Waals surface area contributed by atoms with Crippen molar-refractivity contribution in [2.75, 3.05) is 6.61 Å². The molecule has 0 bridgehead atoms. The molecule has 0 saturated carbocycles. The summed E-state index contributed by atoms with van der Waals surface area (Å²) in [6.45, 7) is 2.61. The molecule has 1 fully saturated rings. The van der Waals surface area contributed by atoms with Crippen LogP contribution < -0.4 is 0 Å². The van der Waals surface area contributed by atoms with Gasteiger partial charge >= 0.3 is 0 Å². The normalized spacial score (nSPS) is 39.8. The molecule has 1 aliphatic heterocycles. The van der Waals surface area contributed by atoms with E-state index in [2.05, 4.69) is 0 Å². The molecule has 47 valence electrons. The van der Waals surface area contributed by atoms with Crippen LogP contribution in [0.5, 0.6) is 0 Å². The van der Waals surface area contributed by atoms with Crippen LogP contribution in [0.2, 0.25) is 0 Å². The van der Waals surface area contributed by atoms with Crippen LogP contribution in [0, 0.1) is 5.92 Å². The third-order valence-corrected chi connectivity index (χ3v) is 1.55. The fourth-order valence-electron chi connectivity index (χ4n) is 0.905. The summed E-state index contributed by atoms with van der Waals surface area (Å²) >= 11 is 0. The topological polar surface area (TPSA) is 29.1 Å². The van der Waals surface area contributed by atoms with Gasteiger partial charge in [-0.05, 0) is 12.8 Å². The lowest BCUT2D eigenvalue weighted by Crippen LogP contribution is -2.25. The summed E-state index contributed by atoms with van der Waals surface area (Å²) in [6, 6.07) is 0. The van der Waals surface area contributed by atoms with Gasteiger partial charge in [-0.25, -0.2) is 5.11 Å². The van der Waals surface area contributed by atoms with Gasteiger partial charge in [0.05, 0.1) is 0 Å². The van der Waals surface area contributed by atoms with Gasteiger partial charge in [0.1, 0.15) is 0 Å². The van der Waals surface area contributed by atoms with E-state index in [4.69, 9.17) is 4.74 Å². The van der Waals surface area contributed by atoms with Crippen LogP contribution in [0.25, 0.3) is 0 Å². The molecule has 0 spiro atoms. The van der Waals surface area contributed by atoms with Crippen molar-refractivity contribution in [3.05, 3.63) is 0 Å². The zero-order chi connectivity index (χ0) is 5.98. The Labute approximate surface area is 49.5 Å². The second kappa shape index (κ2) is 2.46. The molecular weight excluding hydrogens is 104 g/mol. The van der Waals surface area contributed by atoms with E-state index in [1.165, 1.54) is 0 Å². The second-order valence-electron chi connectivity index (χ2n) is 2.36. The zero-order valence-electron chi connectivity index (χ0n) is 5.09. The van der Waals surface area contributed by atoms with E-state index in [1.807, 2.05) is 6.92 Å². The molecule has 0 N–H and O–H groups in total. The molecule has 1 radical (unpaired) electrons. The predicted octanol–water partition coefficient (Wildman–Crippen LogP) is 1.19. The predicted molar refractivity (Wildman–Crippen MR) is 28.8 cm³/mol. The van der Waals surface area contributed by atoms with E-state index >= 15 is 0 Å². The lowest BCUT2D eigenvalue weighted by molar-refractivity contribution is -0.188. The number of rotatable bonds is 0. The summed E-state index contributed by atoms with van der Waals surface area (Å²) < 4.78 is 4.83. The number of ether oxygens (including phenoxy) is 1. The Morgan fingerprint density at radius 1 is 1.62 bits per heavy atom. The lowest BCUT2D eigenvalue weighted by atomic mass is 10.0. The molecule has 1 rings (SSSR count). The van der Waals surface area contributed by atoms with Crippen molar-refractivity contribution < 1.29 is 9.84 Å². The van der Waals surface area contributed by atoms with Gasteiger partial charge in [0.2, 0.25) is 0 Å². The highest BCUT2D eigenvalue weighted by Crippen LogP contribution is 2.17. The van der Waals surface area contributed by atoms with Crippen molar-refractivity contribution >= 4 is 0 Å². The quantitative estimate of drug-likeness (QED) is 0.466. The van der Waals surface area contributed by atoms with Crippen LogP contribution in [0.1, 0.15) is 19.8 Å². The van der Waals surface area contributed by atoms with Gasteiger partial charge in [-0.15, -0.1) is 0 Å². The van der Waals surface area contributed by atoms with Crippen molar-refractivity contribution in [1.29, 1.82) is 0 Å². The minimum Gasteiger partial charge on any atom is -0.349 e. The maximum atomic E-state index is 10.7. The maximum Gasteiger partial charge on any atom is 0.193 e. The van der Waals surface area contributed by atoms with Gasteiger partial charge in [-0.1, -0.05) is 6.92 Å². The maximum absolute atomic E-state index is 10.7. The molecule has 1 aliphatic rings. The Kier molecular flexibility index (Phi) is 1.86. The van der Waals surface area contributed by atoms with E-state index in [0.29, 0.717) is 6.61 Å². The van der Waals surface area contributed by atoms with E-state index in [1.54, 1.807) is 0 Å². The smallest absolute Gasteiger partial charge is 0.193 e. The third kappa shape index (κ3) is 1.20. The molecule has 2 unspecified atom stereocenters. The molecule has 0 aromatic rings. The van der Waals surface area contributed by atoms with Crippen molar-refractivity contribution in [2.45, 2.75) is 26.1 Å². The van der Waals surface area contributed by atoms with Crippen molar-refractivity contribution in [2.24, 2.45) is 5.92 Å². The van der Waals surface area contributed by atoms with Crippen molar-refractivity contribution in [1.82, 2.24) is 0 Å². The average molecular weight is 115 g/mol. The lowest BCUT2D eigenvalue weighted by Gasteiger charge is -2.22. The molecule has 0 aromatic carbocycles. The van der Waals surface area contributed by atoms with Gasteiger partial charge < -0.3 is 4.74 Å². The Hall–Kier alpha value is -0.0800. The van der Waals surface area contributed by atoms with Crippen LogP contribution in [0.4, 0.5) is 0 Å². The highest BCUT2D eigenvalue weighted by atomic mass is 16.6. The molecule has 0 aromatic heterocycles. The van der Waals surface area contributed by atoms with E-state index in [9.17, 15) is 5.11 Å². The monoisotopic (exact) mass is 115 g/mol. The molecule has 2 heteroatoms. The molecule has 2 nitrogen and oxygen atoms in total. The highest BCUT2D eigenvalue weighted by molar-refractivity contribution is 4.60. The van der Waals surface area contributed by atoms with Gasteiger partial charge in [0, 0.05) is 12.5 Å². The molecule has 0 aliphatic carbocycles. The van der Waals surface area contributed by atoms with Crippen molar-refractivity contribution in [3.63, 3.8) is 0 Å². The summed E-state index contributed by atoms with van der Waals surface area (Å²) in [5, 5.41) is 10.7. The number of hydrogen-bond acceptors (Lipinski definition) is 1. The first-order chi connectivity index (χ1) is 3.80. The van der Waals surface area contributed by atoms with Crippen LogP contribution in [0.15, 0.2) is 0 Å². The Bertz CT molecular complexity index is 62.9. The molecular formula is C6H11O2. The fourth-order valence-corrected chi connectivity index (χ4v) is 0.905. The first kappa shape index (κ1) is 6.05. The summed E-state index contributed by atoms with van der Waals surface area (Å²) in [5.41, 5.74) is 0. The molecule has 2 atom stereocenters. The van der Waals surface area contributed by atoms with Crippen LogP contribution in [-0.2, 0) is 9.84 Å². The van der Waals surface area contributed by atoms with Gasteiger partial charge in [0.15, 0.2) is 6.29 Å². The zero-order valence-corrected chi connectivity index (χ0v) is 5.09. The van der Waals surface area contributed by atoms with Crippen LogP contribution in [0.3, 0.4) is 0 Å². The second-order valence-corrected chi connectivity index (χ2v) is 2.36. The Morgan fingerprint density at radius 2 is 2.38 bits per heavy atom. The highest BCUT2D eigenvalue weighted by Gasteiger charge is 2.19. The van der Waals surface area contributed by atoms with Gasteiger partial charge in [0.25, 0.3) is 0 Å². The van der Waals surface area contributed by atoms with Crippen LogP contribution >= 0.6 is 0 Å². The fraction of sp³-hybridized carbons (Fsp3) is 1.00. The van der Waals surface area contributed by atoms with E-state index < -0.39 is 6.29 Å². The van der Waals surface area contributed by atoms with Crippen molar-refractivity contribution in [3.8, 4) is 0 Å². The third-order valence-electron chi connectivity index (χ3n) is 1.55. The Balaban J connectivity index is 2.28. The molecule has 1 heterocycles. The Morgan fingerprint density at radius 3 is 2.75 bits per heavy atom. The summed E-state index contributed by atoms with van der Waals surface area (Å²) in [7, 11) is 0. The van der Waals surface area contributed by atoms with E-state index in [0.717, 1.165) is 12.8 Å². The van der Waals surface area contributed by atoms with E-state index in [-0.39, 0.29) is 5.92 Å². The van der Waals surface area contributed by atoms with Crippen LogP contribution in [-0.4, -0.2) is 12.9 Å². The first-order valence-corrected chi connectivity index (χ1v) is 3.08.